The van der Waals surface area contributed by atoms with Crippen molar-refractivity contribution >= 4 is 29.1 Å². The molecule has 8 heteroatoms. The highest BCUT2D eigenvalue weighted by Gasteiger charge is 2.46. The second-order valence-electron chi connectivity index (χ2n) is 6.92. The molecule has 7 nitrogen and oxygen atoms in total. The molecule has 0 spiro atoms. The summed E-state index contributed by atoms with van der Waals surface area (Å²) >= 11 is 6.11. The van der Waals surface area contributed by atoms with Crippen LogP contribution in [0.2, 0.25) is 5.02 Å². The van der Waals surface area contributed by atoms with Crippen LogP contribution in [0.25, 0.3) is 5.76 Å². The predicted octanol–water partition coefficient (Wildman–Crippen LogP) is 3.76. The van der Waals surface area contributed by atoms with E-state index in [2.05, 4.69) is 9.97 Å². The number of likely N-dealkylation sites (tertiary alicyclic amines) is 1. The molecule has 31 heavy (non-hydrogen) atoms. The number of carbonyl (C=O) groups is 2. The molecule has 156 valence electrons. The molecule has 1 atom stereocenters. The largest absolute Gasteiger partial charge is 0.507 e. The summed E-state index contributed by atoms with van der Waals surface area (Å²) < 4.78 is 5.32. The number of amides is 1. The number of ether oxygens (including phenoxy) is 1. The van der Waals surface area contributed by atoms with Gasteiger partial charge in [-0.1, -0.05) is 23.7 Å². The van der Waals surface area contributed by atoms with Crippen molar-refractivity contribution in [2.75, 3.05) is 7.11 Å². The van der Waals surface area contributed by atoms with Gasteiger partial charge in [0.15, 0.2) is 0 Å². The molecular formula is C23H18ClN3O4. The van der Waals surface area contributed by atoms with E-state index < -0.39 is 17.7 Å². The van der Waals surface area contributed by atoms with Gasteiger partial charge in [-0.3, -0.25) is 19.6 Å². The second kappa shape index (κ2) is 8.57. The SMILES string of the molecule is COc1ccc(Cl)cc1C(O)=C1C(=O)C(=O)N(Cc2cccnc2)[C@H]1c1cccnc1. The first-order valence-corrected chi connectivity index (χ1v) is 9.80. The number of rotatable bonds is 5. The van der Waals surface area contributed by atoms with Crippen molar-refractivity contribution in [2.24, 2.45) is 0 Å². The fourth-order valence-corrected chi connectivity index (χ4v) is 3.80. The maximum Gasteiger partial charge on any atom is 0.295 e. The Balaban J connectivity index is 1.90. The first kappa shape index (κ1) is 20.6. The molecule has 3 heterocycles. The number of hydrogen-bond acceptors (Lipinski definition) is 6. The van der Waals surface area contributed by atoms with E-state index in [4.69, 9.17) is 16.3 Å². The Kier molecular flexibility index (Phi) is 5.68. The van der Waals surface area contributed by atoms with Gasteiger partial charge < -0.3 is 14.7 Å². The molecule has 3 aromatic rings. The van der Waals surface area contributed by atoms with Gasteiger partial charge in [-0.2, -0.15) is 0 Å². The minimum Gasteiger partial charge on any atom is -0.507 e. The zero-order chi connectivity index (χ0) is 22.0. The minimum absolute atomic E-state index is 0.0533. The van der Waals surface area contributed by atoms with Crippen molar-refractivity contribution in [3.05, 3.63) is 94.5 Å². The Morgan fingerprint density at radius 3 is 2.52 bits per heavy atom. The Bertz CT molecular complexity index is 1170. The van der Waals surface area contributed by atoms with E-state index in [0.717, 1.165) is 5.56 Å². The number of aromatic nitrogens is 2. The van der Waals surface area contributed by atoms with E-state index in [9.17, 15) is 14.7 Å². The third-order valence-electron chi connectivity index (χ3n) is 5.03. The average molecular weight is 436 g/mol. The number of aliphatic hydroxyl groups excluding tert-OH is 1. The van der Waals surface area contributed by atoms with Crippen LogP contribution < -0.4 is 4.74 Å². The summed E-state index contributed by atoms with van der Waals surface area (Å²) in [6, 6.07) is 10.9. The smallest absolute Gasteiger partial charge is 0.295 e. The summed E-state index contributed by atoms with van der Waals surface area (Å²) in [7, 11) is 1.44. The minimum atomic E-state index is -0.836. The van der Waals surface area contributed by atoms with Gasteiger partial charge >= 0.3 is 0 Å². The second-order valence-corrected chi connectivity index (χ2v) is 7.36. The Morgan fingerprint density at radius 2 is 1.87 bits per heavy atom. The number of hydrogen-bond donors (Lipinski definition) is 1. The molecule has 0 unspecified atom stereocenters. The van der Waals surface area contributed by atoms with Crippen LogP contribution in [0.1, 0.15) is 22.7 Å². The molecule has 0 saturated carbocycles. The van der Waals surface area contributed by atoms with E-state index in [0.29, 0.717) is 16.3 Å². The van der Waals surface area contributed by atoms with Gasteiger partial charge in [0.05, 0.1) is 24.3 Å². The van der Waals surface area contributed by atoms with Gasteiger partial charge in [-0.25, -0.2) is 0 Å². The average Bonchev–Trinajstić information content (AvgIpc) is 3.04. The van der Waals surface area contributed by atoms with Crippen LogP contribution in [0.15, 0.2) is 72.8 Å². The van der Waals surface area contributed by atoms with Crippen LogP contribution in [0.3, 0.4) is 0 Å². The van der Waals surface area contributed by atoms with Crippen molar-refractivity contribution in [3.8, 4) is 5.75 Å². The molecule has 1 aliphatic heterocycles. The number of halogens is 1. The van der Waals surface area contributed by atoms with Gasteiger partial charge in [-0.05, 0) is 41.5 Å². The summed E-state index contributed by atoms with van der Waals surface area (Å²) in [5, 5.41) is 11.5. The Morgan fingerprint density at radius 1 is 1.13 bits per heavy atom. The van der Waals surface area contributed by atoms with Gasteiger partial charge in [0.25, 0.3) is 11.7 Å². The molecule has 1 aromatic carbocycles. The van der Waals surface area contributed by atoms with Crippen molar-refractivity contribution < 1.29 is 19.4 Å². The van der Waals surface area contributed by atoms with Gasteiger partial charge in [-0.15, -0.1) is 0 Å². The van der Waals surface area contributed by atoms with Crippen molar-refractivity contribution in [1.82, 2.24) is 14.9 Å². The lowest BCUT2D eigenvalue weighted by Gasteiger charge is -2.25. The van der Waals surface area contributed by atoms with E-state index in [1.54, 1.807) is 55.1 Å². The van der Waals surface area contributed by atoms with E-state index in [1.807, 2.05) is 6.07 Å². The molecule has 1 N–H and O–H groups in total. The molecule has 2 aromatic heterocycles. The molecule has 0 radical (unpaired) electrons. The van der Waals surface area contributed by atoms with Crippen molar-refractivity contribution in [1.29, 1.82) is 0 Å². The third-order valence-corrected chi connectivity index (χ3v) is 5.27. The van der Waals surface area contributed by atoms with Crippen LogP contribution in [0.5, 0.6) is 5.75 Å². The maximum absolute atomic E-state index is 13.1. The topological polar surface area (TPSA) is 92.6 Å². The zero-order valence-corrected chi connectivity index (χ0v) is 17.3. The predicted molar refractivity (Wildman–Crippen MR) is 114 cm³/mol. The van der Waals surface area contributed by atoms with Crippen LogP contribution in [-0.4, -0.2) is 38.8 Å². The quantitative estimate of drug-likeness (QED) is 0.372. The van der Waals surface area contributed by atoms with Crippen LogP contribution in [0, 0.1) is 0 Å². The highest BCUT2D eigenvalue weighted by atomic mass is 35.5. The van der Waals surface area contributed by atoms with Crippen LogP contribution in [0.4, 0.5) is 0 Å². The van der Waals surface area contributed by atoms with Crippen LogP contribution in [-0.2, 0) is 16.1 Å². The van der Waals surface area contributed by atoms with Gasteiger partial charge in [0, 0.05) is 36.4 Å². The van der Waals surface area contributed by atoms with Crippen molar-refractivity contribution in [2.45, 2.75) is 12.6 Å². The monoisotopic (exact) mass is 435 g/mol. The fraction of sp³-hybridized carbons (Fsp3) is 0.130. The highest BCUT2D eigenvalue weighted by Crippen LogP contribution is 2.41. The molecule has 1 fully saturated rings. The summed E-state index contributed by atoms with van der Waals surface area (Å²) in [6.45, 7) is 0.140. The first-order valence-electron chi connectivity index (χ1n) is 9.42. The maximum atomic E-state index is 13.1. The molecule has 1 amide bonds. The number of nitrogens with zero attached hydrogens (tertiary/aromatic N) is 3. The van der Waals surface area contributed by atoms with Crippen molar-refractivity contribution in [3.63, 3.8) is 0 Å². The van der Waals surface area contributed by atoms with Gasteiger partial charge in [0.1, 0.15) is 11.5 Å². The molecule has 1 saturated heterocycles. The number of benzene rings is 1. The summed E-state index contributed by atoms with van der Waals surface area (Å²) in [4.78, 5) is 35.7. The number of carbonyl (C=O) groups excluding carboxylic acids is 2. The summed E-state index contributed by atoms with van der Waals surface area (Å²) in [6.07, 6.45) is 6.41. The molecule has 4 rings (SSSR count). The number of Topliss-reactive ketones (excluding diaryl/α,β-unsaturated/α-hetero) is 1. The fourth-order valence-electron chi connectivity index (χ4n) is 3.63. The summed E-state index contributed by atoms with van der Waals surface area (Å²) in [5.41, 5.74) is 1.51. The third kappa shape index (κ3) is 3.87. The normalized spacial score (nSPS) is 17.7. The van der Waals surface area contributed by atoms with E-state index in [1.165, 1.54) is 18.1 Å². The molecular weight excluding hydrogens is 418 g/mol. The lowest BCUT2D eigenvalue weighted by atomic mass is 9.96. The highest BCUT2D eigenvalue weighted by molar-refractivity contribution is 6.46. The number of ketones is 1. The lowest BCUT2D eigenvalue weighted by Crippen LogP contribution is -2.29. The van der Waals surface area contributed by atoms with Gasteiger partial charge in [0.2, 0.25) is 0 Å². The number of methoxy groups -OCH3 is 1. The zero-order valence-electron chi connectivity index (χ0n) is 16.5. The van der Waals surface area contributed by atoms with E-state index >= 15 is 0 Å². The lowest BCUT2D eigenvalue weighted by molar-refractivity contribution is -0.140. The molecule has 0 bridgehead atoms. The summed E-state index contributed by atoms with van der Waals surface area (Å²) in [5.74, 6) is -1.55. The molecule has 0 aliphatic carbocycles. The van der Waals surface area contributed by atoms with E-state index in [-0.39, 0.29) is 23.4 Å². The number of pyridine rings is 2. The number of aliphatic hydroxyl groups is 1. The Labute approximate surface area is 183 Å². The standard InChI is InChI=1S/C23H18ClN3O4/c1-31-18-7-6-16(24)10-17(18)21(28)19-20(15-5-3-9-26-12-15)27(23(30)22(19)29)13-14-4-2-8-25-11-14/h2-12,20,28H,13H2,1H3/t20-/m0/s1. The first-order chi connectivity index (χ1) is 15.0. The Hall–Kier alpha value is -3.71. The van der Waals surface area contributed by atoms with Crippen LogP contribution >= 0.6 is 11.6 Å². The molecule has 1 aliphatic rings.